The lowest BCUT2D eigenvalue weighted by molar-refractivity contribution is -0.137. The van der Waals surface area contributed by atoms with Crippen LogP contribution in [0.3, 0.4) is 0 Å². The Balaban J connectivity index is 3.88. The molecule has 5 nitrogen and oxygen atoms in total. The van der Waals surface area contributed by atoms with E-state index in [1.807, 2.05) is 0 Å². The predicted octanol–water partition coefficient (Wildman–Crippen LogP) is -1.25. The van der Waals surface area contributed by atoms with Crippen molar-refractivity contribution in [3.8, 4) is 0 Å². The molecule has 0 aromatic heterocycles. The minimum atomic E-state index is -1.11. The number of hydrogen-bond donors (Lipinski definition) is 3. The van der Waals surface area contributed by atoms with Crippen LogP contribution in [-0.2, 0) is 4.79 Å². The highest BCUT2D eigenvalue weighted by Crippen LogP contribution is 1.95. The quantitative estimate of drug-likeness (QED) is 0.484. The Hall–Kier alpha value is -0.650. The van der Waals surface area contributed by atoms with Crippen LogP contribution >= 0.6 is 0 Å². The van der Waals surface area contributed by atoms with E-state index in [0.29, 0.717) is 0 Å². The number of nitrogens with zero attached hydrogens (tertiary/aromatic N) is 1. The fraction of sp³-hybridized carbons (Fsp3) is 0.875. The third-order valence-electron chi connectivity index (χ3n) is 1.45. The SMILES string of the molecule is CN(C)C(=O)C(O)CNC(C)(C)O. The second-order valence-corrected chi connectivity index (χ2v) is 3.69. The van der Waals surface area contributed by atoms with Gasteiger partial charge in [0, 0.05) is 20.6 Å². The van der Waals surface area contributed by atoms with Gasteiger partial charge in [0.25, 0.3) is 5.91 Å². The fourth-order valence-electron chi connectivity index (χ4n) is 0.732. The van der Waals surface area contributed by atoms with Gasteiger partial charge < -0.3 is 15.1 Å². The Morgan fingerprint density at radius 1 is 1.54 bits per heavy atom. The molecule has 0 aromatic carbocycles. The number of likely N-dealkylation sites (N-methyl/N-ethyl adjacent to an activating group) is 1. The standard InChI is InChI=1S/C8H18N2O3/c1-8(2,13)9-5-6(11)7(12)10(3)4/h6,9,11,13H,5H2,1-4H3. The molecule has 0 aliphatic carbocycles. The maximum Gasteiger partial charge on any atom is 0.252 e. The van der Waals surface area contributed by atoms with Gasteiger partial charge in [-0.2, -0.15) is 0 Å². The number of hydrogen-bond acceptors (Lipinski definition) is 4. The summed E-state index contributed by atoms with van der Waals surface area (Å²) in [5, 5.41) is 21.1. The molecule has 0 saturated heterocycles. The number of aliphatic hydroxyl groups is 2. The Bertz CT molecular complexity index is 175. The molecule has 1 atom stereocenters. The lowest BCUT2D eigenvalue weighted by Gasteiger charge is -2.22. The van der Waals surface area contributed by atoms with Crippen molar-refractivity contribution >= 4 is 5.91 Å². The lowest BCUT2D eigenvalue weighted by Crippen LogP contribution is -2.47. The van der Waals surface area contributed by atoms with Gasteiger partial charge >= 0.3 is 0 Å². The smallest absolute Gasteiger partial charge is 0.252 e. The van der Waals surface area contributed by atoms with E-state index in [1.54, 1.807) is 27.9 Å². The molecule has 1 unspecified atom stereocenters. The highest BCUT2D eigenvalue weighted by atomic mass is 16.3. The summed E-state index contributed by atoms with van der Waals surface area (Å²) < 4.78 is 0. The third kappa shape index (κ3) is 5.57. The van der Waals surface area contributed by atoms with Gasteiger partial charge in [0.1, 0.15) is 11.8 Å². The first-order valence-corrected chi connectivity index (χ1v) is 4.10. The van der Waals surface area contributed by atoms with E-state index in [-0.39, 0.29) is 12.5 Å². The van der Waals surface area contributed by atoms with Crippen molar-refractivity contribution in [2.24, 2.45) is 0 Å². The first kappa shape index (κ1) is 12.3. The van der Waals surface area contributed by atoms with Crippen LogP contribution in [-0.4, -0.2) is 53.5 Å². The summed E-state index contributed by atoms with van der Waals surface area (Å²) in [6.45, 7) is 3.13. The zero-order valence-corrected chi connectivity index (χ0v) is 8.53. The van der Waals surface area contributed by atoms with Crippen molar-refractivity contribution in [3.63, 3.8) is 0 Å². The second kappa shape index (κ2) is 4.55. The first-order chi connectivity index (χ1) is 5.74. The molecule has 0 aliphatic rings. The molecule has 0 aliphatic heterocycles. The summed E-state index contributed by atoms with van der Waals surface area (Å²) in [5.74, 6) is -0.378. The summed E-state index contributed by atoms with van der Waals surface area (Å²) in [5.41, 5.74) is -1.08. The Labute approximate surface area is 78.4 Å². The number of rotatable bonds is 4. The van der Waals surface area contributed by atoms with Gasteiger partial charge in [-0.05, 0) is 13.8 Å². The van der Waals surface area contributed by atoms with Crippen molar-refractivity contribution < 1.29 is 15.0 Å². The van der Waals surface area contributed by atoms with Gasteiger partial charge in [0.2, 0.25) is 0 Å². The first-order valence-electron chi connectivity index (χ1n) is 4.10. The van der Waals surface area contributed by atoms with Gasteiger partial charge in [0.15, 0.2) is 0 Å². The van der Waals surface area contributed by atoms with E-state index in [4.69, 9.17) is 0 Å². The Morgan fingerprint density at radius 3 is 2.31 bits per heavy atom. The van der Waals surface area contributed by atoms with E-state index in [9.17, 15) is 15.0 Å². The van der Waals surface area contributed by atoms with Crippen LogP contribution in [0.25, 0.3) is 0 Å². The Morgan fingerprint density at radius 2 is 2.00 bits per heavy atom. The van der Waals surface area contributed by atoms with Gasteiger partial charge in [0.05, 0.1) is 0 Å². The van der Waals surface area contributed by atoms with E-state index in [0.717, 1.165) is 0 Å². The molecule has 13 heavy (non-hydrogen) atoms. The van der Waals surface area contributed by atoms with Crippen molar-refractivity contribution in [2.75, 3.05) is 20.6 Å². The highest BCUT2D eigenvalue weighted by molar-refractivity contribution is 5.80. The molecule has 0 rings (SSSR count). The van der Waals surface area contributed by atoms with Gasteiger partial charge in [-0.1, -0.05) is 0 Å². The average molecular weight is 190 g/mol. The van der Waals surface area contributed by atoms with Crippen LogP contribution in [0.1, 0.15) is 13.8 Å². The minimum Gasteiger partial charge on any atom is -0.382 e. The number of amides is 1. The molecule has 0 spiro atoms. The molecule has 0 aromatic rings. The minimum absolute atomic E-state index is 0.0422. The molecule has 78 valence electrons. The zero-order chi connectivity index (χ0) is 10.6. The molecule has 5 heteroatoms. The zero-order valence-electron chi connectivity index (χ0n) is 8.53. The maximum atomic E-state index is 11.1. The largest absolute Gasteiger partial charge is 0.382 e. The molecular formula is C8H18N2O3. The highest BCUT2D eigenvalue weighted by Gasteiger charge is 2.20. The molecule has 0 radical (unpaired) electrons. The summed E-state index contributed by atoms with van der Waals surface area (Å²) in [7, 11) is 3.13. The fourth-order valence-corrected chi connectivity index (χ4v) is 0.732. The predicted molar refractivity (Wildman–Crippen MR) is 49.0 cm³/mol. The molecule has 0 saturated carbocycles. The molecule has 0 fully saturated rings. The number of carbonyl (C=O) groups is 1. The average Bonchev–Trinajstić information content (AvgIpc) is 1.97. The molecule has 0 bridgehead atoms. The van der Waals surface area contributed by atoms with E-state index < -0.39 is 11.8 Å². The number of carbonyl (C=O) groups excluding carboxylic acids is 1. The second-order valence-electron chi connectivity index (χ2n) is 3.69. The van der Waals surface area contributed by atoms with Crippen LogP contribution in [0.4, 0.5) is 0 Å². The van der Waals surface area contributed by atoms with E-state index in [2.05, 4.69) is 5.32 Å². The van der Waals surface area contributed by atoms with Gasteiger partial charge in [-0.3, -0.25) is 10.1 Å². The normalized spacial score (nSPS) is 14.0. The van der Waals surface area contributed by atoms with Crippen molar-refractivity contribution in [1.82, 2.24) is 10.2 Å². The van der Waals surface area contributed by atoms with Crippen molar-refractivity contribution in [2.45, 2.75) is 25.7 Å². The number of aliphatic hydroxyl groups excluding tert-OH is 1. The van der Waals surface area contributed by atoms with E-state index in [1.165, 1.54) is 4.90 Å². The summed E-state index contributed by atoms with van der Waals surface area (Å²) in [6, 6.07) is 0. The summed E-state index contributed by atoms with van der Waals surface area (Å²) in [6.07, 6.45) is -1.11. The van der Waals surface area contributed by atoms with E-state index >= 15 is 0 Å². The molecule has 0 heterocycles. The third-order valence-corrected chi connectivity index (χ3v) is 1.45. The lowest BCUT2D eigenvalue weighted by atomic mass is 10.2. The van der Waals surface area contributed by atoms with Crippen LogP contribution in [0, 0.1) is 0 Å². The van der Waals surface area contributed by atoms with Crippen LogP contribution in [0.15, 0.2) is 0 Å². The summed E-state index contributed by atoms with van der Waals surface area (Å²) in [4.78, 5) is 12.4. The number of nitrogens with one attached hydrogen (secondary N) is 1. The molecular weight excluding hydrogens is 172 g/mol. The van der Waals surface area contributed by atoms with Crippen molar-refractivity contribution in [1.29, 1.82) is 0 Å². The summed E-state index contributed by atoms with van der Waals surface area (Å²) >= 11 is 0. The monoisotopic (exact) mass is 190 g/mol. The Kier molecular flexibility index (Phi) is 4.32. The van der Waals surface area contributed by atoms with Crippen LogP contribution in [0.5, 0.6) is 0 Å². The van der Waals surface area contributed by atoms with Crippen molar-refractivity contribution in [3.05, 3.63) is 0 Å². The molecule has 1 amide bonds. The van der Waals surface area contributed by atoms with Crippen LogP contribution in [0.2, 0.25) is 0 Å². The van der Waals surface area contributed by atoms with Gasteiger partial charge in [-0.15, -0.1) is 0 Å². The topological polar surface area (TPSA) is 72.8 Å². The maximum absolute atomic E-state index is 11.1. The van der Waals surface area contributed by atoms with Gasteiger partial charge in [-0.25, -0.2) is 0 Å². The van der Waals surface area contributed by atoms with Crippen LogP contribution < -0.4 is 5.32 Å². The molecule has 3 N–H and O–H groups in total.